The number of rotatable bonds is 4. The lowest BCUT2D eigenvalue weighted by molar-refractivity contribution is 0.227. The minimum Gasteiger partial charge on any atom is -0.385 e. The molecular weight excluding hydrogens is 244 g/mol. The van der Waals surface area contributed by atoms with Crippen molar-refractivity contribution in [3.8, 4) is 0 Å². The van der Waals surface area contributed by atoms with Gasteiger partial charge in [0.05, 0.1) is 0 Å². The third-order valence-corrected chi connectivity index (χ3v) is 4.93. The van der Waals surface area contributed by atoms with E-state index in [-0.39, 0.29) is 0 Å². The summed E-state index contributed by atoms with van der Waals surface area (Å²) in [5.74, 6) is 0.936. The van der Waals surface area contributed by atoms with Crippen LogP contribution in [0.15, 0.2) is 18.2 Å². The zero-order chi connectivity index (χ0) is 13.8. The molecule has 1 aliphatic heterocycles. The second kappa shape index (κ2) is 6.62. The van der Waals surface area contributed by atoms with Gasteiger partial charge in [-0.05, 0) is 55.8 Å². The normalized spacial score (nSPS) is 19.7. The van der Waals surface area contributed by atoms with Crippen LogP contribution in [0.3, 0.4) is 0 Å². The van der Waals surface area contributed by atoms with E-state index < -0.39 is 0 Å². The summed E-state index contributed by atoms with van der Waals surface area (Å²) in [5, 5.41) is 3.54. The Morgan fingerprint density at radius 2 is 2.00 bits per heavy atom. The zero-order valence-corrected chi connectivity index (χ0v) is 12.8. The van der Waals surface area contributed by atoms with E-state index in [1.807, 2.05) is 0 Å². The molecule has 2 heteroatoms. The number of fused-ring (bicyclic) bond motifs is 1. The molecular formula is C18H28N2. The van der Waals surface area contributed by atoms with Gasteiger partial charge in [0, 0.05) is 25.3 Å². The molecule has 20 heavy (non-hydrogen) atoms. The van der Waals surface area contributed by atoms with Crippen molar-refractivity contribution in [3.63, 3.8) is 0 Å². The van der Waals surface area contributed by atoms with Crippen LogP contribution in [0.1, 0.15) is 49.7 Å². The van der Waals surface area contributed by atoms with E-state index in [1.165, 1.54) is 62.7 Å². The van der Waals surface area contributed by atoms with Crippen molar-refractivity contribution < 1.29 is 0 Å². The van der Waals surface area contributed by atoms with Gasteiger partial charge in [-0.3, -0.25) is 0 Å². The minimum atomic E-state index is 0.936. The Bertz CT molecular complexity index is 435. The van der Waals surface area contributed by atoms with Crippen LogP contribution in [0.25, 0.3) is 0 Å². The molecule has 2 nitrogen and oxygen atoms in total. The topological polar surface area (TPSA) is 15.3 Å². The summed E-state index contributed by atoms with van der Waals surface area (Å²) < 4.78 is 0. The predicted octanol–water partition coefficient (Wildman–Crippen LogP) is 4.06. The van der Waals surface area contributed by atoms with Crippen molar-refractivity contribution in [2.75, 3.05) is 25.5 Å². The highest BCUT2D eigenvalue weighted by Crippen LogP contribution is 2.28. The summed E-state index contributed by atoms with van der Waals surface area (Å²) in [5.41, 5.74) is 4.47. The van der Waals surface area contributed by atoms with Gasteiger partial charge in [-0.15, -0.1) is 0 Å². The van der Waals surface area contributed by atoms with E-state index in [1.54, 1.807) is 5.56 Å². The Morgan fingerprint density at radius 1 is 1.15 bits per heavy atom. The summed E-state index contributed by atoms with van der Waals surface area (Å²) in [6.07, 6.45) is 9.76. The molecule has 3 rings (SSSR count). The average molecular weight is 272 g/mol. The Morgan fingerprint density at radius 3 is 2.85 bits per heavy atom. The van der Waals surface area contributed by atoms with Crippen LogP contribution in [0, 0.1) is 5.92 Å². The van der Waals surface area contributed by atoms with E-state index in [2.05, 4.69) is 35.5 Å². The van der Waals surface area contributed by atoms with Crippen molar-refractivity contribution in [3.05, 3.63) is 29.3 Å². The second-order valence-corrected chi connectivity index (χ2v) is 6.67. The van der Waals surface area contributed by atoms with Crippen LogP contribution in [-0.4, -0.2) is 25.0 Å². The zero-order valence-electron chi connectivity index (χ0n) is 12.8. The van der Waals surface area contributed by atoms with Gasteiger partial charge in [-0.25, -0.2) is 0 Å². The fraction of sp³-hybridized carbons (Fsp3) is 0.667. The first-order chi connectivity index (χ1) is 9.83. The second-order valence-electron chi connectivity index (χ2n) is 6.67. The van der Waals surface area contributed by atoms with E-state index in [0.717, 1.165) is 19.0 Å². The third kappa shape index (κ3) is 3.35. The van der Waals surface area contributed by atoms with Gasteiger partial charge in [0.1, 0.15) is 0 Å². The quantitative estimate of drug-likeness (QED) is 0.889. The maximum atomic E-state index is 3.54. The Labute approximate surface area is 123 Å². The molecule has 1 aliphatic carbocycles. The SMILES string of the molecule is CN(Cc1cccc2c1CCCN2)CC1CCCCC1. The monoisotopic (exact) mass is 272 g/mol. The molecule has 1 fully saturated rings. The number of nitrogens with zero attached hydrogens (tertiary/aromatic N) is 1. The number of hydrogen-bond acceptors (Lipinski definition) is 2. The molecule has 0 atom stereocenters. The molecule has 1 aromatic carbocycles. The minimum absolute atomic E-state index is 0.936. The van der Waals surface area contributed by atoms with Crippen LogP contribution >= 0.6 is 0 Å². The van der Waals surface area contributed by atoms with Gasteiger partial charge < -0.3 is 10.2 Å². The van der Waals surface area contributed by atoms with E-state index >= 15 is 0 Å². The maximum absolute atomic E-state index is 3.54. The van der Waals surface area contributed by atoms with Gasteiger partial charge in [-0.2, -0.15) is 0 Å². The Hall–Kier alpha value is -1.02. The average Bonchev–Trinajstić information content (AvgIpc) is 2.48. The smallest absolute Gasteiger partial charge is 0.0375 e. The maximum Gasteiger partial charge on any atom is 0.0375 e. The van der Waals surface area contributed by atoms with Gasteiger partial charge >= 0.3 is 0 Å². The van der Waals surface area contributed by atoms with Crippen LogP contribution in [0.2, 0.25) is 0 Å². The molecule has 110 valence electrons. The summed E-state index contributed by atoms with van der Waals surface area (Å²) in [6.45, 7) is 3.52. The van der Waals surface area contributed by atoms with E-state index in [0.29, 0.717) is 0 Å². The number of hydrogen-bond donors (Lipinski definition) is 1. The van der Waals surface area contributed by atoms with Crippen molar-refractivity contribution in [2.24, 2.45) is 5.92 Å². The molecule has 2 aliphatic rings. The lowest BCUT2D eigenvalue weighted by atomic mass is 9.89. The van der Waals surface area contributed by atoms with Crippen LogP contribution in [0.4, 0.5) is 5.69 Å². The first-order valence-corrected chi connectivity index (χ1v) is 8.36. The highest BCUT2D eigenvalue weighted by atomic mass is 15.1. The third-order valence-electron chi connectivity index (χ3n) is 4.93. The molecule has 0 spiro atoms. The van der Waals surface area contributed by atoms with Crippen LogP contribution in [0.5, 0.6) is 0 Å². The predicted molar refractivity (Wildman–Crippen MR) is 86.2 cm³/mol. The lowest BCUT2D eigenvalue weighted by Gasteiger charge is -2.28. The summed E-state index contributed by atoms with van der Waals surface area (Å²) in [6, 6.07) is 6.77. The molecule has 0 unspecified atom stereocenters. The van der Waals surface area contributed by atoms with Crippen molar-refractivity contribution in [1.82, 2.24) is 4.90 Å². The van der Waals surface area contributed by atoms with Gasteiger partial charge in [0.2, 0.25) is 0 Å². The molecule has 0 amide bonds. The molecule has 1 N–H and O–H groups in total. The number of anilines is 1. The molecule has 0 aromatic heterocycles. The van der Waals surface area contributed by atoms with Crippen LogP contribution in [-0.2, 0) is 13.0 Å². The number of nitrogens with one attached hydrogen (secondary N) is 1. The van der Waals surface area contributed by atoms with Gasteiger partial charge in [0.15, 0.2) is 0 Å². The van der Waals surface area contributed by atoms with E-state index in [4.69, 9.17) is 0 Å². The summed E-state index contributed by atoms with van der Waals surface area (Å²) in [4.78, 5) is 2.54. The molecule has 0 bridgehead atoms. The lowest BCUT2D eigenvalue weighted by Crippen LogP contribution is -2.27. The molecule has 1 aromatic rings. The first kappa shape index (κ1) is 13.9. The van der Waals surface area contributed by atoms with Crippen molar-refractivity contribution in [2.45, 2.75) is 51.5 Å². The van der Waals surface area contributed by atoms with Crippen molar-refractivity contribution in [1.29, 1.82) is 0 Å². The van der Waals surface area contributed by atoms with Crippen molar-refractivity contribution >= 4 is 5.69 Å². The first-order valence-electron chi connectivity index (χ1n) is 8.36. The fourth-order valence-electron chi connectivity index (χ4n) is 3.90. The fourth-order valence-corrected chi connectivity index (χ4v) is 3.90. The largest absolute Gasteiger partial charge is 0.385 e. The molecule has 1 heterocycles. The Kier molecular flexibility index (Phi) is 4.62. The molecule has 0 saturated heterocycles. The standard InChI is InChI=1S/C18H28N2/c1-20(13-15-7-3-2-4-8-15)14-16-9-5-11-18-17(16)10-6-12-19-18/h5,9,11,15,19H,2-4,6-8,10,12-14H2,1H3. The highest BCUT2D eigenvalue weighted by molar-refractivity contribution is 5.56. The highest BCUT2D eigenvalue weighted by Gasteiger charge is 2.17. The molecule has 0 radical (unpaired) electrons. The molecule has 1 saturated carbocycles. The van der Waals surface area contributed by atoms with Gasteiger partial charge in [-0.1, -0.05) is 31.4 Å². The van der Waals surface area contributed by atoms with Crippen LogP contribution < -0.4 is 5.32 Å². The number of benzene rings is 1. The van der Waals surface area contributed by atoms with E-state index in [9.17, 15) is 0 Å². The van der Waals surface area contributed by atoms with Gasteiger partial charge in [0.25, 0.3) is 0 Å². The summed E-state index contributed by atoms with van der Waals surface area (Å²) >= 11 is 0. The Balaban J connectivity index is 1.62. The summed E-state index contributed by atoms with van der Waals surface area (Å²) in [7, 11) is 2.30.